The average molecular weight is 440 g/mol. The molecule has 8 heteroatoms. The Morgan fingerprint density at radius 3 is 1.94 bits per heavy atom. The van der Waals surface area contributed by atoms with E-state index in [0.717, 1.165) is 16.0 Å². The lowest BCUT2D eigenvalue weighted by atomic mass is 9.47. The summed E-state index contributed by atoms with van der Waals surface area (Å²) in [5.41, 5.74) is 0.881. The number of anilines is 1. The number of carboxylic acids is 1. The molecule has 3 aliphatic carbocycles. The summed E-state index contributed by atoms with van der Waals surface area (Å²) >= 11 is 0. The first-order valence-corrected chi connectivity index (χ1v) is 10.4. The lowest BCUT2D eigenvalue weighted by Crippen LogP contribution is -2.57. The third kappa shape index (κ3) is 2.17. The van der Waals surface area contributed by atoms with Gasteiger partial charge in [0.25, 0.3) is 5.69 Å². The van der Waals surface area contributed by atoms with E-state index in [1.807, 2.05) is 24.3 Å². The molecule has 2 atom stereocenters. The van der Waals surface area contributed by atoms with E-state index < -0.39 is 45.9 Å². The van der Waals surface area contributed by atoms with Gasteiger partial charge in [-0.3, -0.25) is 24.5 Å². The maximum Gasteiger partial charge on any atom is 0.319 e. The van der Waals surface area contributed by atoms with Crippen molar-refractivity contribution in [2.45, 2.75) is 11.3 Å². The number of aliphatic carboxylic acids is 1. The van der Waals surface area contributed by atoms with Crippen LogP contribution in [0.1, 0.15) is 28.2 Å². The fraction of sp³-hybridized carbons (Fsp3) is 0.160. The predicted molar refractivity (Wildman–Crippen MR) is 116 cm³/mol. The van der Waals surface area contributed by atoms with Gasteiger partial charge >= 0.3 is 5.97 Å². The monoisotopic (exact) mass is 440 g/mol. The van der Waals surface area contributed by atoms with Crippen LogP contribution in [0.15, 0.2) is 72.8 Å². The first-order chi connectivity index (χ1) is 15.9. The van der Waals surface area contributed by atoms with E-state index in [2.05, 4.69) is 0 Å². The average Bonchev–Trinajstić information content (AvgIpc) is 3.09. The van der Waals surface area contributed by atoms with E-state index in [1.54, 1.807) is 24.3 Å². The van der Waals surface area contributed by atoms with E-state index >= 15 is 0 Å². The number of benzene rings is 3. The number of carbonyl (C=O) groups excluding carboxylic acids is 2. The van der Waals surface area contributed by atoms with Crippen LogP contribution in [0.25, 0.3) is 0 Å². The van der Waals surface area contributed by atoms with Crippen molar-refractivity contribution in [3.63, 3.8) is 0 Å². The van der Waals surface area contributed by atoms with E-state index in [0.29, 0.717) is 11.1 Å². The Labute approximate surface area is 187 Å². The Kier molecular flexibility index (Phi) is 3.73. The molecule has 162 valence electrons. The maximum atomic E-state index is 13.8. The second-order valence-corrected chi connectivity index (χ2v) is 8.55. The molecular formula is C25H16N2O6. The van der Waals surface area contributed by atoms with Crippen molar-refractivity contribution < 1.29 is 24.4 Å². The van der Waals surface area contributed by atoms with Gasteiger partial charge in [0, 0.05) is 18.1 Å². The number of carbonyl (C=O) groups is 3. The van der Waals surface area contributed by atoms with E-state index in [9.17, 15) is 29.6 Å². The Morgan fingerprint density at radius 1 is 0.879 bits per heavy atom. The summed E-state index contributed by atoms with van der Waals surface area (Å²) in [4.78, 5) is 52.0. The quantitative estimate of drug-likeness (QED) is 0.380. The van der Waals surface area contributed by atoms with Crippen LogP contribution in [0.4, 0.5) is 11.4 Å². The van der Waals surface area contributed by atoms with Crippen LogP contribution in [0.2, 0.25) is 0 Å². The predicted octanol–water partition coefficient (Wildman–Crippen LogP) is 3.23. The molecule has 33 heavy (non-hydrogen) atoms. The number of imide groups is 1. The molecule has 1 fully saturated rings. The first-order valence-electron chi connectivity index (χ1n) is 10.4. The van der Waals surface area contributed by atoms with Crippen molar-refractivity contribution in [1.29, 1.82) is 0 Å². The minimum Gasteiger partial charge on any atom is -0.480 e. The zero-order valence-corrected chi connectivity index (χ0v) is 17.0. The number of carboxylic acid groups (broad SMARTS) is 1. The third-order valence-electron chi connectivity index (χ3n) is 7.27. The molecule has 1 aliphatic heterocycles. The van der Waals surface area contributed by atoms with Crippen LogP contribution in [-0.4, -0.2) is 27.8 Å². The Hall–Kier alpha value is -4.33. The number of nitro groups is 1. The number of amides is 2. The summed E-state index contributed by atoms with van der Waals surface area (Å²) in [6.07, 6.45) is 0. The van der Waals surface area contributed by atoms with Gasteiger partial charge in [0.05, 0.1) is 22.4 Å². The van der Waals surface area contributed by atoms with Crippen molar-refractivity contribution in [1.82, 2.24) is 0 Å². The van der Waals surface area contributed by atoms with Crippen LogP contribution in [0.3, 0.4) is 0 Å². The van der Waals surface area contributed by atoms with Crippen LogP contribution in [-0.2, 0) is 19.8 Å². The summed E-state index contributed by atoms with van der Waals surface area (Å²) in [6.45, 7) is 0. The molecule has 4 aliphatic rings. The molecule has 0 spiro atoms. The molecular weight excluding hydrogens is 424 g/mol. The number of non-ortho nitro benzene ring substituents is 1. The Bertz CT molecular complexity index is 1350. The molecule has 2 bridgehead atoms. The van der Waals surface area contributed by atoms with E-state index in [-0.39, 0.29) is 11.4 Å². The summed E-state index contributed by atoms with van der Waals surface area (Å²) < 4.78 is 0. The van der Waals surface area contributed by atoms with Crippen molar-refractivity contribution in [2.24, 2.45) is 11.8 Å². The van der Waals surface area contributed by atoms with Crippen LogP contribution < -0.4 is 4.90 Å². The topological polar surface area (TPSA) is 118 Å². The molecule has 3 aromatic carbocycles. The summed E-state index contributed by atoms with van der Waals surface area (Å²) in [5, 5.41) is 21.7. The Morgan fingerprint density at radius 2 is 1.42 bits per heavy atom. The number of nitro benzene ring substituents is 1. The molecule has 1 N–H and O–H groups in total. The van der Waals surface area contributed by atoms with Crippen LogP contribution in [0, 0.1) is 22.0 Å². The van der Waals surface area contributed by atoms with Gasteiger partial charge in [-0.15, -0.1) is 0 Å². The summed E-state index contributed by atoms with van der Waals surface area (Å²) in [5.74, 6) is -4.72. The van der Waals surface area contributed by atoms with Crippen LogP contribution in [0.5, 0.6) is 0 Å². The molecule has 1 saturated heterocycles. The highest BCUT2D eigenvalue weighted by Gasteiger charge is 2.71. The molecule has 2 amide bonds. The molecule has 2 unspecified atom stereocenters. The molecule has 0 radical (unpaired) electrons. The number of nitrogens with zero attached hydrogens (tertiary/aromatic N) is 2. The zero-order valence-electron chi connectivity index (χ0n) is 17.0. The molecule has 0 aromatic heterocycles. The van der Waals surface area contributed by atoms with Gasteiger partial charge in [0.2, 0.25) is 11.8 Å². The van der Waals surface area contributed by atoms with Crippen molar-refractivity contribution in [3.8, 4) is 0 Å². The maximum absolute atomic E-state index is 13.8. The first kappa shape index (κ1) is 19.4. The second kappa shape index (κ2) is 6.35. The largest absolute Gasteiger partial charge is 0.480 e. The van der Waals surface area contributed by atoms with E-state index in [1.165, 1.54) is 24.3 Å². The van der Waals surface area contributed by atoms with Crippen molar-refractivity contribution in [3.05, 3.63) is 105 Å². The van der Waals surface area contributed by atoms with Gasteiger partial charge < -0.3 is 5.11 Å². The smallest absolute Gasteiger partial charge is 0.319 e. The molecule has 3 aromatic rings. The lowest BCUT2D eigenvalue weighted by molar-refractivity contribution is -0.384. The second-order valence-electron chi connectivity index (χ2n) is 8.55. The molecule has 0 saturated carbocycles. The summed E-state index contributed by atoms with van der Waals surface area (Å²) in [7, 11) is 0. The standard InChI is InChI=1S/C25H16N2O6/c28-22-20-19-15-5-1-3-7-17(15)25(24(30)31,18-8-4-2-6-16(18)19)21(20)23(29)26(22)13-9-11-14(12-10-13)27(32)33/h1-12,19-21H,(H,30,31). The van der Waals surface area contributed by atoms with Gasteiger partial charge in [-0.05, 0) is 34.4 Å². The third-order valence-corrected chi connectivity index (χ3v) is 7.27. The van der Waals surface area contributed by atoms with Crippen LogP contribution >= 0.6 is 0 Å². The number of rotatable bonds is 3. The fourth-order valence-corrected chi connectivity index (χ4v) is 6.11. The van der Waals surface area contributed by atoms with Gasteiger partial charge in [-0.2, -0.15) is 0 Å². The van der Waals surface area contributed by atoms with Crippen molar-refractivity contribution >= 4 is 29.2 Å². The zero-order chi connectivity index (χ0) is 23.1. The highest BCUT2D eigenvalue weighted by molar-refractivity contribution is 6.25. The summed E-state index contributed by atoms with van der Waals surface area (Å²) in [6, 6.07) is 19.4. The minimum absolute atomic E-state index is 0.169. The normalized spacial score (nSPS) is 26.5. The van der Waals surface area contributed by atoms with E-state index in [4.69, 9.17) is 0 Å². The highest BCUT2D eigenvalue weighted by atomic mass is 16.6. The molecule has 1 heterocycles. The highest BCUT2D eigenvalue weighted by Crippen LogP contribution is 2.64. The van der Waals surface area contributed by atoms with Gasteiger partial charge in [0.15, 0.2) is 0 Å². The van der Waals surface area contributed by atoms with Crippen molar-refractivity contribution in [2.75, 3.05) is 4.90 Å². The Balaban J connectivity index is 1.61. The molecule has 8 nitrogen and oxygen atoms in total. The van der Waals surface area contributed by atoms with Gasteiger partial charge in [-0.25, -0.2) is 4.90 Å². The SMILES string of the molecule is O=C1C2C3c4ccccc4C(C(=O)O)(c4ccccc43)C2C(=O)N1c1ccc([N+](=O)[O-])cc1. The van der Waals surface area contributed by atoms with Gasteiger partial charge in [0.1, 0.15) is 5.41 Å². The lowest BCUT2D eigenvalue weighted by Gasteiger charge is -2.51. The molecule has 7 rings (SSSR count). The fourth-order valence-electron chi connectivity index (χ4n) is 6.11. The number of hydrogen-bond donors (Lipinski definition) is 1. The minimum atomic E-state index is -1.70. The van der Waals surface area contributed by atoms with Gasteiger partial charge in [-0.1, -0.05) is 48.5 Å². The number of hydrogen-bond acceptors (Lipinski definition) is 5.